The molecule has 5 heteroatoms. The van der Waals surface area contributed by atoms with Crippen molar-refractivity contribution < 1.29 is 4.92 Å². The van der Waals surface area contributed by atoms with Crippen molar-refractivity contribution >= 4 is 16.6 Å². The first kappa shape index (κ1) is 10.1. The first-order chi connectivity index (χ1) is 7.74. The van der Waals surface area contributed by atoms with Crippen molar-refractivity contribution in [2.24, 2.45) is 0 Å². The smallest absolute Gasteiger partial charge is 0.258 e. The Morgan fingerprint density at radius 3 is 2.94 bits per heavy atom. The largest absolute Gasteiger partial charge is 0.278 e. The van der Waals surface area contributed by atoms with Crippen molar-refractivity contribution in [1.82, 2.24) is 4.98 Å². The third kappa shape index (κ3) is 1.57. The molecule has 0 aliphatic carbocycles. The van der Waals surface area contributed by atoms with Crippen LogP contribution in [0.2, 0.25) is 0 Å². The van der Waals surface area contributed by atoms with Crippen LogP contribution in [-0.2, 0) is 6.42 Å². The van der Waals surface area contributed by atoms with E-state index < -0.39 is 4.92 Å². The lowest BCUT2D eigenvalue weighted by Gasteiger charge is -2.02. The van der Waals surface area contributed by atoms with Crippen LogP contribution in [0.3, 0.4) is 0 Å². The highest BCUT2D eigenvalue weighted by molar-refractivity contribution is 5.90. The maximum atomic E-state index is 10.8. The fourth-order valence-corrected chi connectivity index (χ4v) is 1.60. The van der Waals surface area contributed by atoms with E-state index in [1.54, 1.807) is 24.4 Å². The molecule has 0 spiro atoms. The summed E-state index contributed by atoms with van der Waals surface area (Å²) in [5, 5.41) is 19.9. The number of aromatic nitrogens is 1. The van der Waals surface area contributed by atoms with Gasteiger partial charge in [-0.25, -0.2) is 0 Å². The van der Waals surface area contributed by atoms with E-state index in [0.29, 0.717) is 16.5 Å². The van der Waals surface area contributed by atoms with Gasteiger partial charge in [-0.1, -0.05) is 0 Å². The highest BCUT2D eigenvalue weighted by atomic mass is 16.6. The molecule has 2 rings (SSSR count). The standard InChI is InChI=1S/C11H7N3O2/c12-6-5-8-3-4-10(14(15)16)9-2-1-7-13-11(8)9/h1-4,7H,5H2. The zero-order valence-corrected chi connectivity index (χ0v) is 8.25. The van der Waals surface area contributed by atoms with Crippen LogP contribution >= 0.6 is 0 Å². The van der Waals surface area contributed by atoms with Gasteiger partial charge in [0.05, 0.1) is 28.3 Å². The molecular weight excluding hydrogens is 206 g/mol. The second-order valence-corrected chi connectivity index (χ2v) is 3.24. The highest BCUT2D eigenvalue weighted by Crippen LogP contribution is 2.26. The van der Waals surface area contributed by atoms with E-state index in [-0.39, 0.29) is 12.1 Å². The van der Waals surface area contributed by atoms with Gasteiger partial charge in [0, 0.05) is 12.3 Å². The fourth-order valence-electron chi connectivity index (χ4n) is 1.60. The summed E-state index contributed by atoms with van der Waals surface area (Å²) in [6.07, 6.45) is 1.76. The van der Waals surface area contributed by atoms with Crippen molar-refractivity contribution in [2.45, 2.75) is 6.42 Å². The van der Waals surface area contributed by atoms with E-state index in [4.69, 9.17) is 5.26 Å². The zero-order valence-electron chi connectivity index (χ0n) is 8.25. The van der Waals surface area contributed by atoms with Gasteiger partial charge in [0.1, 0.15) is 0 Å². The minimum absolute atomic E-state index is 0.0183. The fraction of sp³-hybridized carbons (Fsp3) is 0.0909. The topological polar surface area (TPSA) is 79.8 Å². The summed E-state index contributed by atoms with van der Waals surface area (Å²) in [4.78, 5) is 14.4. The Morgan fingerprint density at radius 1 is 1.44 bits per heavy atom. The molecule has 2 aromatic rings. The molecule has 78 valence electrons. The van der Waals surface area contributed by atoms with Gasteiger partial charge >= 0.3 is 0 Å². The van der Waals surface area contributed by atoms with Crippen LogP contribution in [0.15, 0.2) is 30.5 Å². The molecule has 0 bridgehead atoms. The summed E-state index contributed by atoms with van der Waals surface area (Å²) in [6, 6.07) is 8.29. The molecule has 0 radical (unpaired) electrons. The number of hydrogen-bond donors (Lipinski definition) is 0. The molecule has 0 atom stereocenters. The van der Waals surface area contributed by atoms with Crippen LogP contribution in [0.5, 0.6) is 0 Å². The number of pyridine rings is 1. The summed E-state index contributed by atoms with van der Waals surface area (Å²) in [6.45, 7) is 0. The van der Waals surface area contributed by atoms with E-state index in [0.717, 1.165) is 0 Å². The SMILES string of the molecule is N#CCc1ccc([N+](=O)[O-])c2cccnc12. The lowest BCUT2D eigenvalue weighted by molar-refractivity contribution is -0.383. The molecule has 0 saturated heterocycles. The van der Waals surface area contributed by atoms with E-state index in [2.05, 4.69) is 4.98 Å². The van der Waals surface area contributed by atoms with Gasteiger partial charge in [0.15, 0.2) is 0 Å². The summed E-state index contributed by atoms with van der Waals surface area (Å²) in [5.41, 5.74) is 1.26. The number of nitrogens with zero attached hydrogens (tertiary/aromatic N) is 3. The molecule has 0 amide bonds. The molecule has 0 fully saturated rings. The van der Waals surface area contributed by atoms with Gasteiger partial charge in [-0.05, 0) is 23.8 Å². The molecular formula is C11H7N3O2. The van der Waals surface area contributed by atoms with Crippen molar-refractivity contribution in [3.8, 4) is 6.07 Å². The molecule has 5 nitrogen and oxygen atoms in total. The Bertz CT molecular complexity index is 602. The van der Waals surface area contributed by atoms with Crippen LogP contribution in [-0.4, -0.2) is 9.91 Å². The first-order valence-electron chi connectivity index (χ1n) is 4.62. The molecule has 0 aliphatic heterocycles. The monoisotopic (exact) mass is 213 g/mol. The van der Waals surface area contributed by atoms with Gasteiger partial charge in [0.2, 0.25) is 0 Å². The van der Waals surface area contributed by atoms with Crippen molar-refractivity contribution in [1.29, 1.82) is 5.26 Å². The number of fused-ring (bicyclic) bond motifs is 1. The molecule has 1 aromatic heterocycles. The molecule has 0 N–H and O–H groups in total. The van der Waals surface area contributed by atoms with Crippen molar-refractivity contribution in [2.75, 3.05) is 0 Å². The van der Waals surface area contributed by atoms with Crippen LogP contribution < -0.4 is 0 Å². The first-order valence-corrected chi connectivity index (χ1v) is 4.62. The van der Waals surface area contributed by atoms with Crippen LogP contribution in [0.25, 0.3) is 10.9 Å². The number of nitro benzene ring substituents is 1. The Hall–Kier alpha value is -2.48. The molecule has 16 heavy (non-hydrogen) atoms. The molecule has 0 saturated carbocycles. The molecule has 1 heterocycles. The maximum absolute atomic E-state index is 10.8. The van der Waals surface area contributed by atoms with Crippen molar-refractivity contribution in [3.63, 3.8) is 0 Å². The van der Waals surface area contributed by atoms with Gasteiger partial charge in [-0.15, -0.1) is 0 Å². The number of nitriles is 1. The molecule has 0 unspecified atom stereocenters. The normalized spacial score (nSPS) is 9.94. The lowest BCUT2D eigenvalue weighted by atomic mass is 10.1. The third-order valence-electron chi connectivity index (χ3n) is 2.30. The number of non-ortho nitro benzene ring substituents is 1. The average molecular weight is 213 g/mol. The number of benzene rings is 1. The third-order valence-corrected chi connectivity index (χ3v) is 2.30. The minimum Gasteiger partial charge on any atom is -0.258 e. The van der Waals surface area contributed by atoms with E-state index in [1.165, 1.54) is 6.07 Å². The Kier molecular flexibility index (Phi) is 2.48. The highest BCUT2D eigenvalue weighted by Gasteiger charge is 2.14. The van der Waals surface area contributed by atoms with Gasteiger partial charge < -0.3 is 0 Å². The summed E-state index contributed by atoms with van der Waals surface area (Å²) >= 11 is 0. The Morgan fingerprint density at radius 2 is 2.25 bits per heavy atom. The predicted molar refractivity (Wildman–Crippen MR) is 57.7 cm³/mol. The van der Waals surface area contributed by atoms with E-state index >= 15 is 0 Å². The minimum atomic E-state index is -0.444. The second kappa shape index (κ2) is 3.95. The number of nitro groups is 1. The van der Waals surface area contributed by atoms with Crippen LogP contribution in [0, 0.1) is 21.4 Å². The maximum Gasteiger partial charge on any atom is 0.278 e. The van der Waals surface area contributed by atoms with Crippen molar-refractivity contribution in [3.05, 3.63) is 46.1 Å². The summed E-state index contributed by atoms with van der Waals surface area (Å²) < 4.78 is 0. The number of hydrogen-bond acceptors (Lipinski definition) is 4. The summed E-state index contributed by atoms with van der Waals surface area (Å²) in [7, 11) is 0. The van der Waals surface area contributed by atoms with Crippen LogP contribution in [0.4, 0.5) is 5.69 Å². The quantitative estimate of drug-likeness (QED) is 0.565. The Labute approximate surface area is 91.1 Å². The zero-order chi connectivity index (χ0) is 11.5. The Balaban J connectivity index is 2.78. The lowest BCUT2D eigenvalue weighted by Crippen LogP contribution is -1.94. The number of rotatable bonds is 2. The second-order valence-electron chi connectivity index (χ2n) is 3.24. The van der Waals surface area contributed by atoms with Gasteiger partial charge in [0.25, 0.3) is 5.69 Å². The van der Waals surface area contributed by atoms with E-state index in [9.17, 15) is 10.1 Å². The summed E-state index contributed by atoms with van der Waals surface area (Å²) in [5.74, 6) is 0. The molecule has 0 aliphatic rings. The van der Waals surface area contributed by atoms with E-state index in [1.807, 2.05) is 6.07 Å². The van der Waals surface area contributed by atoms with Gasteiger partial charge in [-0.3, -0.25) is 15.1 Å². The predicted octanol–water partition coefficient (Wildman–Crippen LogP) is 2.21. The molecule has 1 aromatic carbocycles. The van der Waals surface area contributed by atoms with Gasteiger partial charge in [-0.2, -0.15) is 5.26 Å². The average Bonchev–Trinajstić information content (AvgIpc) is 2.29. The van der Waals surface area contributed by atoms with Crippen LogP contribution in [0.1, 0.15) is 5.56 Å².